The van der Waals surface area contributed by atoms with Crippen molar-refractivity contribution in [2.45, 2.75) is 0 Å². The van der Waals surface area contributed by atoms with E-state index in [1.54, 1.807) is 0 Å². The third-order valence-electron chi connectivity index (χ3n) is 0. The minimum absolute atomic E-state index is 0. The van der Waals surface area contributed by atoms with Crippen molar-refractivity contribution in [2.75, 3.05) is 0 Å². The Morgan fingerprint density at radius 1 is 0.385 bits per heavy atom. The molecule has 0 aromatic heterocycles. The first kappa shape index (κ1) is 85.0. The van der Waals surface area contributed by atoms with Crippen molar-refractivity contribution < 1.29 is 0 Å². The SMILES string of the molecule is [Na].[Na].[Na].[Na].[Na].[Na].[Na][Na].[Sb].[Sb].[Sb].[Sb].[Sn]. The van der Waals surface area contributed by atoms with Crippen LogP contribution in [0.5, 0.6) is 0 Å². The topological polar surface area (TPSA) is 0 Å². The molecule has 0 N–H and O–H groups in total. The van der Waals surface area contributed by atoms with E-state index in [-0.39, 0.29) is 299 Å². The number of hydrogen-bond acceptors (Lipinski definition) is 0. The third kappa shape index (κ3) is 80.5. The standard InChI is InChI=1S/8Na.4Sb.Sn. The van der Waals surface area contributed by atoms with Crippen molar-refractivity contribution in [1.82, 2.24) is 0 Å². The maximum Gasteiger partial charge on any atom is 0 e. The molecule has 0 aliphatic rings. The summed E-state index contributed by atoms with van der Waals surface area (Å²) in [4.78, 5) is 0. The molecule has 0 fully saturated rings. The van der Waals surface area contributed by atoms with Crippen LogP contribution in [0, 0.1) is 0 Å². The van der Waals surface area contributed by atoms with E-state index in [2.05, 4.69) is 0 Å². The second-order valence-corrected chi connectivity index (χ2v) is 0. The van der Waals surface area contributed by atoms with E-state index in [4.69, 9.17) is 0 Å². The van der Waals surface area contributed by atoms with Gasteiger partial charge in [0.25, 0.3) is 0 Å². The van der Waals surface area contributed by atoms with Gasteiger partial charge in [-0.3, -0.25) is 0 Å². The van der Waals surface area contributed by atoms with Crippen molar-refractivity contribution in [3.05, 3.63) is 0 Å². The van der Waals surface area contributed by atoms with Crippen LogP contribution in [-0.2, 0) is 0 Å². The normalized spacial score (nSPS) is 0.615. The van der Waals surface area contributed by atoms with Gasteiger partial charge in [-0.2, -0.15) is 0 Å². The van der Waals surface area contributed by atoms with Gasteiger partial charge < -0.3 is 0 Å². The van der Waals surface area contributed by atoms with Gasteiger partial charge >= 0.3 is 43.6 Å². The summed E-state index contributed by atoms with van der Waals surface area (Å²) in [5, 5.41) is 0. The molecule has 13 heteroatoms. The van der Waals surface area contributed by atoms with Crippen LogP contribution in [0.15, 0.2) is 0 Å². The summed E-state index contributed by atoms with van der Waals surface area (Å²) < 4.78 is 0. The van der Waals surface area contributed by atoms with E-state index in [0.29, 0.717) is 0 Å². The summed E-state index contributed by atoms with van der Waals surface area (Å²) in [6.07, 6.45) is 0. The maximum atomic E-state index is 1.44. The van der Waals surface area contributed by atoms with Gasteiger partial charge in [-0.05, 0) is 0 Å². The molecule has 0 unspecified atom stereocenters. The predicted molar refractivity (Wildman–Crippen MR) is 74.8 cm³/mol. The van der Waals surface area contributed by atoms with Gasteiger partial charge in [-0.1, -0.05) is 0 Å². The Kier molecular flexibility index (Phi) is 575. The molecule has 0 spiro atoms. The molecule has 0 aromatic carbocycles. The first-order valence-electron chi connectivity index (χ1n) is 1.00. The average Bonchev–Trinajstić information content (AvgIpc) is 1.00. The van der Waals surface area contributed by atoms with Gasteiger partial charge in [-0.25, -0.2) is 0 Å². The van der Waals surface area contributed by atoms with Crippen molar-refractivity contribution >= 4 is 343 Å². The first-order chi connectivity index (χ1) is 1.00. The van der Waals surface area contributed by atoms with Crippen LogP contribution in [-0.4, -0.2) is 343 Å². The largest absolute Gasteiger partial charge is 0 e. The summed E-state index contributed by atoms with van der Waals surface area (Å²) in [5.41, 5.74) is 0. The molecule has 0 bridgehead atoms. The fraction of sp³-hybridized carbons (Fsp3) is 0. The molecule has 0 heterocycles. The van der Waals surface area contributed by atoms with E-state index in [0.717, 1.165) is 0 Å². The molecule has 22 radical (unpaired) electrons. The van der Waals surface area contributed by atoms with Crippen LogP contribution < -0.4 is 0 Å². The molecule has 0 saturated heterocycles. The van der Waals surface area contributed by atoms with E-state index in [9.17, 15) is 0 Å². The van der Waals surface area contributed by atoms with E-state index in [1.807, 2.05) is 0 Å². The van der Waals surface area contributed by atoms with Crippen molar-refractivity contribution in [3.8, 4) is 0 Å². The Balaban J connectivity index is -0.0000000000909. The van der Waals surface area contributed by atoms with Gasteiger partial charge in [0.05, 0.1) is 0 Å². The fourth-order valence-electron chi connectivity index (χ4n) is 0. The molecule has 0 atom stereocenters. The van der Waals surface area contributed by atoms with Gasteiger partial charge in [0.15, 0.2) is 0 Å². The van der Waals surface area contributed by atoms with Crippen molar-refractivity contribution in [3.63, 3.8) is 0 Å². The zero-order valence-corrected chi connectivity index (χ0v) is 39.4. The Bertz CT molecular complexity index is 16.1. The second-order valence-electron chi connectivity index (χ2n) is 0. The molecule has 0 saturated carbocycles. The summed E-state index contributed by atoms with van der Waals surface area (Å²) in [5.74, 6) is 0. The van der Waals surface area contributed by atoms with Crippen LogP contribution in [0.3, 0.4) is 0 Å². The maximum absolute atomic E-state index is 1.44. The van der Waals surface area contributed by atoms with Gasteiger partial charge in [0.1, 0.15) is 0 Å². The molecular formula is Na8Sb4Sn. The summed E-state index contributed by atoms with van der Waals surface area (Å²) in [6, 6.07) is 0. The summed E-state index contributed by atoms with van der Waals surface area (Å²) in [6.45, 7) is 0. The molecule has 0 aliphatic carbocycles. The quantitative estimate of drug-likeness (QED) is 0.216. The molecule has 32 valence electrons. The first-order valence-corrected chi connectivity index (χ1v) is 9.00. The number of hydrogen-bond donors (Lipinski definition) is 0. The number of rotatable bonds is 0. The molecular weight excluding hydrogens is 790 g/mol. The Morgan fingerprint density at radius 3 is 0.385 bits per heavy atom. The van der Waals surface area contributed by atoms with E-state index in [1.165, 1.54) is 43.6 Å². The Hall–Kier alpha value is 12.1. The zero-order chi connectivity index (χ0) is 2.00. The molecule has 13 heavy (non-hydrogen) atoms. The van der Waals surface area contributed by atoms with Crippen molar-refractivity contribution in [1.29, 1.82) is 0 Å². The minimum Gasteiger partial charge on any atom is 0 e. The molecule has 0 nitrogen and oxygen atoms in total. The molecule has 0 rings (SSSR count). The van der Waals surface area contributed by atoms with Gasteiger partial charge in [0, 0.05) is 299 Å². The smallest absolute Gasteiger partial charge is 0 e. The Morgan fingerprint density at radius 2 is 0.385 bits per heavy atom. The van der Waals surface area contributed by atoms with Gasteiger partial charge in [0.2, 0.25) is 0 Å². The third-order valence-corrected chi connectivity index (χ3v) is 0. The fourth-order valence-corrected chi connectivity index (χ4v) is 0. The van der Waals surface area contributed by atoms with Crippen LogP contribution in [0.25, 0.3) is 0 Å². The zero-order valence-electron chi connectivity index (χ0n) is 10.3. The van der Waals surface area contributed by atoms with Crippen molar-refractivity contribution in [2.24, 2.45) is 0 Å². The average molecular weight is 790 g/mol. The van der Waals surface area contributed by atoms with E-state index < -0.39 is 0 Å². The molecule has 0 aliphatic heterocycles. The molecule has 0 aromatic rings. The van der Waals surface area contributed by atoms with E-state index >= 15 is 0 Å². The van der Waals surface area contributed by atoms with Crippen LogP contribution in [0.1, 0.15) is 0 Å². The minimum atomic E-state index is 0. The molecule has 0 amide bonds. The Labute approximate surface area is 331 Å². The van der Waals surface area contributed by atoms with Crippen LogP contribution >= 0.6 is 0 Å². The van der Waals surface area contributed by atoms with Crippen LogP contribution in [0.4, 0.5) is 0 Å². The van der Waals surface area contributed by atoms with Crippen LogP contribution in [0.2, 0.25) is 0 Å². The summed E-state index contributed by atoms with van der Waals surface area (Å²) >= 11 is 2.89. The van der Waals surface area contributed by atoms with Gasteiger partial charge in [-0.15, -0.1) is 0 Å². The predicted octanol–water partition coefficient (Wildman–Crippen LogP) is -4.95. The second kappa shape index (κ2) is 87.9. The monoisotopic (exact) mass is 787 g/mol. The summed E-state index contributed by atoms with van der Waals surface area (Å²) in [7, 11) is 0.